The quantitative estimate of drug-likeness (QED) is 0.417. The molecule has 0 amide bonds. The van der Waals surface area contributed by atoms with Crippen LogP contribution in [0.5, 0.6) is 0 Å². The molecule has 12 heteroatoms. The Morgan fingerprint density at radius 3 is 1.67 bits per heavy atom. The molecule has 0 radical (unpaired) electrons. The lowest BCUT2D eigenvalue weighted by Crippen LogP contribution is -2.55. The van der Waals surface area contributed by atoms with Crippen molar-refractivity contribution in [1.29, 1.82) is 0 Å². The van der Waals surface area contributed by atoms with Gasteiger partial charge in [0.05, 0.1) is 0 Å². The first-order valence-corrected chi connectivity index (χ1v) is 3.74. The van der Waals surface area contributed by atoms with Gasteiger partial charge in [-0.05, 0) is 0 Å². The van der Waals surface area contributed by atoms with Crippen LogP contribution in [0.4, 0.5) is 35.1 Å². The second-order valence-electron chi connectivity index (χ2n) is 2.97. The van der Waals surface area contributed by atoms with Gasteiger partial charge in [-0.2, -0.15) is 35.1 Å². The van der Waals surface area contributed by atoms with Crippen molar-refractivity contribution in [2.24, 2.45) is 0 Å². The summed E-state index contributed by atoms with van der Waals surface area (Å²) in [4.78, 5) is 20.5. The minimum Gasteiger partial charge on any atom is -0.410 e. The topological polar surface area (TPSA) is 52.6 Å². The lowest BCUT2D eigenvalue weighted by molar-refractivity contribution is -0.381. The molecular weight excluding hydrogens is 288 g/mol. The van der Waals surface area contributed by atoms with Gasteiger partial charge in [0.25, 0.3) is 0 Å². The van der Waals surface area contributed by atoms with E-state index in [1.165, 1.54) is 0 Å². The van der Waals surface area contributed by atoms with E-state index >= 15 is 0 Å². The third-order valence-electron chi connectivity index (χ3n) is 1.78. The van der Waals surface area contributed by atoms with E-state index in [9.17, 15) is 44.7 Å². The van der Waals surface area contributed by atoms with E-state index in [0.717, 1.165) is 0 Å². The van der Waals surface area contributed by atoms with Crippen LogP contribution < -0.4 is 0 Å². The molecule has 0 aromatic heterocycles. The SMILES string of the molecule is O=C1OC(C(=O)F)(C(F)(F)F)OC1(F)C(F)(F)F. The van der Waals surface area contributed by atoms with Crippen LogP contribution in [0.15, 0.2) is 0 Å². The smallest absolute Gasteiger partial charge is 0.410 e. The molecule has 1 heterocycles. The molecule has 0 saturated carbocycles. The van der Waals surface area contributed by atoms with E-state index in [4.69, 9.17) is 0 Å². The van der Waals surface area contributed by atoms with Crippen molar-refractivity contribution in [3.8, 4) is 0 Å². The maximum absolute atomic E-state index is 13.0. The highest BCUT2D eigenvalue weighted by atomic mass is 19.4. The van der Waals surface area contributed by atoms with Crippen molar-refractivity contribution in [3.05, 3.63) is 0 Å². The predicted octanol–water partition coefficient (Wildman–Crippen LogP) is 1.54. The van der Waals surface area contributed by atoms with Crippen LogP contribution >= 0.6 is 0 Å². The van der Waals surface area contributed by atoms with Gasteiger partial charge in [-0.25, -0.2) is 4.79 Å². The Balaban J connectivity index is 3.34. The Morgan fingerprint density at radius 1 is 1.06 bits per heavy atom. The molecule has 4 nitrogen and oxygen atoms in total. The summed E-state index contributed by atoms with van der Waals surface area (Å²) >= 11 is 0. The Bertz CT molecular complexity index is 399. The highest BCUT2D eigenvalue weighted by Gasteiger charge is 2.83. The van der Waals surface area contributed by atoms with Gasteiger partial charge in [-0.1, -0.05) is 0 Å². The number of hydrogen-bond donors (Lipinski definition) is 0. The first-order chi connectivity index (χ1) is 7.78. The van der Waals surface area contributed by atoms with Gasteiger partial charge in [0, 0.05) is 0 Å². The van der Waals surface area contributed by atoms with Crippen LogP contribution in [-0.2, 0) is 19.1 Å². The molecule has 0 N–H and O–H groups in total. The summed E-state index contributed by atoms with van der Waals surface area (Å²) < 4.78 is 103. The average molecular weight is 288 g/mol. The molecular formula is C6F8O4. The van der Waals surface area contributed by atoms with Gasteiger partial charge >= 0.3 is 36.0 Å². The number of esters is 1. The second kappa shape index (κ2) is 3.52. The summed E-state index contributed by atoms with van der Waals surface area (Å²) in [6.45, 7) is 0. The number of carbonyl (C=O) groups is 2. The molecule has 0 aromatic rings. The van der Waals surface area contributed by atoms with Gasteiger partial charge < -0.3 is 4.74 Å². The number of rotatable bonds is 1. The minimum atomic E-state index is -6.29. The van der Waals surface area contributed by atoms with E-state index in [0.29, 0.717) is 0 Å². The molecule has 104 valence electrons. The van der Waals surface area contributed by atoms with Gasteiger partial charge in [-0.3, -0.25) is 9.53 Å². The fraction of sp³-hybridized carbons (Fsp3) is 0.667. The normalized spacial score (nSPS) is 33.4. The number of hydrogen-bond acceptors (Lipinski definition) is 4. The van der Waals surface area contributed by atoms with Gasteiger partial charge in [0.1, 0.15) is 0 Å². The standard InChI is InChI=1S/C6F8O4/c7-1(15)4(6(12,13)14)17-2(16)3(8,18-4)5(9,10)11. The molecule has 1 aliphatic heterocycles. The third kappa shape index (κ3) is 1.71. The number of cyclic esters (lactones) is 1. The zero-order valence-corrected chi connectivity index (χ0v) is 7.66. The van der Waals surface area contributed by atoms with Crippen LogP contribution in [0.25, 0.3) is 0 Å². The minimum absolute atomic E-state index is 2.63. The van der Waals surface area contributed by atoms with Crippen molar-refractivity contribution in [2.45, 2.75) is 24.0 Å². The van der Waals surface area contributed by atoms with Crippen molar-refractivity contribution in [2.75, 3.05) is 0 Å². The van der Waals surface area contributed by atoms with Crippen LogP contribution in [0.3, 0.4) is 0 Å². The lowest BCUT2D eigenvalue weighted by atomic mass is 10.3. The highest BCUT2D eigenvalue weighted by molar-refractivity contribution is 5.89. The van der Waals surface area contributed by atoms with E-state index in [-0.39, 0.29) is 0 Å². The average Bonchev–Trinajstić information content (AvgIpc) is 2.39. The third-order valence-corrected chi connectivity index (χ3v) is 1.78. The van der Waals surface area contributed by atoms with Crippen LogP contribution in [0.1, 0.15) is 0 Å². The first kappa shape index (κ1) is 14.6. The number of ether oxygens (including phenoxy) is 2. The summed E-state index contributed by atoms with van der Waals surface area (Å²) in [5.41, 5.74) is 0. The summed E-state index contributed by atoms with van der Waals surface area (Å²) in [5, 5.41) is 0. The molecule has 0 aromatic carbocycles. The zero-order chi connectivity index (χ0) is 14.6. The molecule has 1 rings (SSSR count). The largest absolute Gasteiger partial charge is 0.467 e. The van der Waals surface area contributed by atoms with E-state index < -0.39 is 36.0 Å². The van der Waals surface area contributed by atoms with Gasteiger partial charge in [-0.15, -0.1) is 0 Å². The van der Waals surface area contributed by atoms with Crippen LogP contribution in [0.2, 0.25) is 0 Å². The Morgan fingerprint density at radius 2 is 1.50 bits per heavy atom. The molecule has 0 aliphatic carbocycles. The van der Waals surface area contributed by atoms with Crippen LogP contribution in [-0.4, -0.2) is 36.0 Å². The molecule has 0 bridgehead atoms. The van der Waals surface area contributed by atoms with Crippen molar-refractivity contribution in [3.63, 3.8) is 0 Å². The lowest BCUT2D eigenvalue weighted by Gasteiger charge is -2.25. The molecule has 2 unspecified atom stereocenters. The van der Waals surface area contributed by atoms with E-state index in [1.54, 1.807) is 0 Å². The number of alkyl halides is 7. The summed E-state index contributed by atoms with van der Waals surface area (Å²) in [7, 11) is 0. The maximum atomic E-state index is 13.0. The van der Waals surface area contributed by atoms with Crippen molar-refractivity contribution >= 4 is 12.0 Å². The van der Waals surface area contributed by atoms with E-state index in [1.807, 2.05) is 0 Å². The number of carbonyl (C=O) groups excluding carboxylic acids is 2. The van der Waals surface area contributed by atoms with Gasteiger partial charge in [0.2, 0.25) is 0 Å². The Hall–Kier alpha value is -1.46. The Labute approximate surface area is 91.4 Å². The molecule has 1 saturated heterocycles. The Kier molecular flexibility index (Phi) is 2.86. The zero-order valence-electron chi connectivity index (χ0n) is 7.66. The van der Waals surface area contributed by atoms with Crippen LogP contribution in [0, 0.1) is 0 Å². The molecule has 18 heavy (non-hydrogen) atoms. The fourth-order valence-corrected chi connectivity index (χ4v) is 0.938. The highest BCUT2D eigenvalue weighted by Crippen LogP contribution is 2.50. The summed E-state index contributed by atoms with van der Waals surface area (Å²) in [5.74, 6) is -14.1. The maximum Gasteiger partial charge on any atom is 0.467 e. The molecule has 2 atom stereocenters. The first-order valence-electron chi connectivity index (χ1n) is 3.74. The fourth-order valence-electron chi connectivity index (χ4n) is 0.938. The second-order valence-corrected chi connectivity index (χ2v) is 2.97. The van der Waals surface area contributed by atoms with Crippen molar-refractivity contribution in [1.82, 2.24) is 0 Å². The summed E-state index contributed by atoms with van der Waals surface area (Å²) in [6.07, 6.45) is -12.5. The van der Waals surface area contributed by atoms with Gasteiger partial charge in [0.15, 0.2) is 0 Å². The predicted molar refractivity (Wildman–Crippen MR) is 32.0 cm³/mol. The molecule has 1 aliphatic rings. The summed E-state index contributed by atoms with van der Waals surface area (Å²) in [6, 6.07) is -3.65. The van der Waals surface area contributed by atoms with Crippen molar-refractivity contribution < 1.29 is 54.2 Å². The number of halogens is 8. The van der Waals surface area contributed by atoms with E-state index in [2.05, 4.69) is 9.47 Å². The molecule has 0 spiro atoms. The monoisotopic (exact) mass is 288 g/mol. The molecule has 1 fully saturated rings.